The van der Waals surface area contributed by atoms with Crippen molar-refractivity contribution in [2.75, 3.05) is 11.9 Å². The molecule has 0 saturated heterocycles. The molecule has 11 nitrogen and oxygen atoms in total. The number of aryl methyl sites for hydroxylation is 3. The Morgan fingerprint density at radius 1 is 1.08 bits per heavy atom. The second-order valence-electron chi connectivity index (χ2n) is 13.2. The Kier molecular flexibility index (Phi) is 9.14. The lowest BCUT2D eigenvalue weighted by Gasteiger charge is -2.35. The third-order valence-corrected chi connectivity index (χ3v) is 11.6. The minimum Gasteiger partial charge on any atom is -0.323 e. The molecular formula is C36H42N8O3S. The number of carbonyl (C=O) groups excluding carboxylic acids is 1. The molecule has 6 rings (SSSR count). The quantitative estimate of drug-likeness (QED) is 0.208. The van der Waals surface area contributed by atoms with Crippen LogP contribution in [0.1, 0.15) is 73.5 Å². The predicted molar refractivity (Wildman–Crippen MR) is 185 cm³/mol. The molecule has 0 aliphatic carbocycles. The van der Waals surface area contributed by atoms with E-state index in [-0.39, 0.29) is 23.3 Å². The van der Waals surface area contributed by atoms with Gasteiger partial charge >= 0.3 is 0 Å². The predicted octanol–water partition coefficient (Wildman–Crippen LogP) is 5.82. The molecule has 12 heteroatoms. The maximum absolute atomic E-state index is 14.1. The molecule has 2 aromatic carbocycles. The molecule has 4 heterocycles. The van der Waals surface area contributed by atoms with Crippen LogP contribution in [0.2, 0.25) is 0 Å². The second-order valence-corrected chi connectivity index (χ2v) is 15.1. The maximum atomic E-state index is 14.1. The lowest BCUT2D eigenvalue weighted by molar-refractivity contribution is -0.124. The summed E-state index contributed by atoms with van der Waals surface area (Å²) in [5.74, 6) is -0.486. The van der Waals surface area contributed by atoms with Gasteiger partial charge < -0.3 is 5.32 Å². The number of fused-ring (bicyclic) bond motifs is 2. The highest BCUT2D eigenvalue weighted by Crippen LogP contribution is 2.45. The Morgan fingerprint density at radius 3 is 2.58 bits per heavy atom. The SMILES string of the molecule is CC[C@H]1Cc2ncccc2S(=O)(=O)N(Cc2cc(C(c3ccc4c(nnn4CC)c3C)C(C)(C)C(=O)Nc3cncnc3)ccc2C)C1. The average molecular weight is 667 g/mol. The van der Waals surface area contributed by atoms with Crippen LogP contribution in [0.3, 0.4) is 0 Å². The summed E-state index contributed by atoms with van der Waals surface area (Å²) < 4.78 is 31.6. The first-order valence-electron chi connectivity index (χ1n) is 16.4. The fourth-order valence-electron chi connectivity index (χ4n) is 6.83. The van der Waals surface area contributed by atoms with E-state index in [1.54, 1.807) is 35.0 Å². The van der Waals surface area contributed by atoms with Crippen molar-refractivity contribution in [3.63, 3.8) is 0 Å². The molecule has 2 atom stereocenters. The van der Waals surface area contributed by atoms with Gasteiger partial charge in [0.1, 0.15) is 16.7 Å². The summed E-state index contributed by atoms with van der Waals surface area (Å²) >= 11 is 0. The summed E-state index contributed by atoms with van der Waals surface area (Å²) in [5.41, 5.74) is 6.49. The normalized spacial score (nSPS) is 17.1. The largest absolute Gasteiger partial charge is 0.323 e. The van der Waals surface area contributed by atoms with E-state index in [0.717, 1.165) is 45.3 Å². The van der Waals surface area contributed by atoms with Crippen molar-refractivity contribution < 1.29 is 13.2 Å². The Labute approximate surface area is 281 Å². The van der Waals surface area contributed by atoms with Crippen LogP contribution < -0.4 is 5.32 Å². The van der Waals surface area contributed by atoms with Crippen molar-refractivity contribution in [3.8, 4) is 0 Å². The van der Waals surface area contributed by atoms with Crippen molar-refractivity contribution in [2.24, 2.45) is 11.3 Å². The fourth-order valence-corrected chi connectivity index (χ4v) is 8.51. The van der Waals surface area contributed by atoms with Crippen LogP contribution in [0.15, 0.2) is 72.3 Å². The molecule has 1 aliphatic rings. The number of carbonyl (C=O) groups is 1. The van der Waals surface area contributed by atoms with Crippen LogP contribution >= 0.6 is 0 Å². The van der Waals surface area contributed by atoms with Crippen LogP contribution in [0.4, 0.5) is 5.69 Å². The van der Waals surface area contributed by atoms with Crippen LogP contribution in [0.25, 0.3) is 11.0 Å². The van der Waals surface area contributed by atoms with Gasteiger partial charge in [0.15, 0.2) is 0 Å². The summed E-state index contributed by atoms with van der Waals surface area (Å²) in [6.45, 7) is 13.3. The first kappa shape index (κ1) is 33.4. The smallest absolute Gasteiger partial charge is 0.245 e. The fraction of sp³-hybridized carbons (Fsp3) is 0.389. The van der Waals surface area contributed by atoms with E-state index < -0.39 is 21.4 Å². The third-order valence-electron chi connectivity index (χ3n) is 9.76. The van der Waals surface area contributed by atoms with Crippen LogP contribution in [-0.2, 0) is 34.3 Å². The Bertz CT molecular complexity index is 2080. The number of rotatable bonds is 9. The molecule has 0 spiro atoms. The number of benzene rings is 2. The van der Waals surface area contributed by atoms with Gasteiger partial charge in [-0.15, -0.1) is 5.10 Å². The van der Waals surface area contributed by atoms with Crippen molar-refractivity contribution in [1.82, 2.24) is 34.3 Å². The summed E-state index contributed by atoms with van der Waals surface area (Å²) in [5, 5.41) is 11.9. The average Bonchev–Trinajstić information content (AvgIpc) is 3.46. The molecule has 1 unspecified atom stereocenters. The number of sulfonamides is 1. The van der Waals surface area contributed by atoms with Gasteiger partial charge in [-0.25, -0.2) is 23.1 Å². The summed E-state index contributed by atoms with van der Waals surface area (Å²) in [6.07, 6.45) is 7.67. The standard InChI is InChI=1S/C36H42N8O3S/c1-7-25-16-30-32(10-9-15-39-30)48(46,47)43(20-25)21-27-17-26(12-11-23(27)3)33(36(5,6)35(45)40-28-18-37-22-38-19-28)29-13-14-31-34(24(29)4)41-42-44(31)8-2/h9-15,17-19,22,25,33H,7-8,16,20-21H2,1-6H3,(H,40,45)/t25-,33?/m0/s1. The molecule has 48 heavy (non-hydrogen) atoms. The summed E-state index contributed by atoms with van der Waals surface area (Å²) in [6, 6.07) is 13.6. The van der Waals surface area contributed by atoms with E-state index in [2.05, 4.69) is 49.6 Å². The molecule has 0 fully saturated rings. The van der Waals surface area contributed by atoms with Crippen molar-refractivity contribution in [1.29, 1.82) is 0 Å². The lowest BCUT2D eigenvalue weighted by atomic mass is 9.69. The first-order chi connectivity index (χ1) is 22.9. The number of nitrogens with zero attached hydrogens (tertiary/aromatic N) is 7. The zero-order chi connectivity index (χ0) is 34.2. The van der Waals surface area contributed by atoms with Gasteiger partial charge in [-0.1, -0.05) is 56.7 Å². The van der Waals surface area contributed by atoms with E-state index in [1.165, 1.54) is 6.33 Å². The summed E-state index contributed by atoms with van der Waals surface area (Å²) in [4.78, 5) is 27.0. The van der Waals surface area contributed by atoms with Crippen LogP contribution in [0, 0.1) is 25.2 Å². The molecule has 0 bridgehead atoms. The molecular weight excluding hydrogens is 625 g/mol. The zero-order valence-electron chi connectivity index (χ0n) is 28.3. The van der Waals surface area contributed by atoms with Gasteiger partial charge in [-0.2, -0.15) is 4.31 Å². The lowest BCUT2D eigenvalue weighted by Crippen LogP contribution is -2.37. The van der Waals surface area contributed by atoms with Gasteiger partial charge in [0.2, 0.25) is 15.9 Å². The zero-order valence-corrected chi connectivity index (χ0v) is 29.1. The number of anilines is 1. The number of amides is 1. The van der Waals surface area contributed by atoms with Crippen LogP contribution in [-0.4, -0.2) is 55.1 Å². The van der Waals surface area contributed by atoms with Crippen molar-refractivity contribution in [2.45, 2.75) is 78.3 Å². The van der Waals surface area contributed by atoms with Gasteiger partial charge in [0.25, 0.3) is 0 Å². The highest BCUT2D eigenvalue weighted by atomic mass is 32.2. The van der Waals surface area contributed by atoms with Gasteiger partial charge in [-0.05, 0) is 79.1 Å². The highest BCUT2D eigenvalue weighted by Gasteiger charge is 2.41. The Hall–Kier alpha value is -4.55. The number of aromatic nitrogens is 6. The van der Waals surface area contributed by atoms with Gasteiger partial charge in [0, 0.05) is 31.7 Å². The number of hydrogen-bond donors (Lipinski definition) is 1. The van der Waals surface area contributed by atoms with Crippen molar-refractivity contribution >= 4 is 32.7 Å². The summed E-state index contributed by atoms with van der Waals surface area (Å²) in [7, 11) is -3.79. The number of nitrogens with one attached hydrogen (secondary N) is 1. The molecule has 250 valence electrons. The molecule has 1 amide bonds. The topological polar surface area (TPSA) is 136 Å². The van der Waals surface area contributed by atoms with Crippen molar-refractivity contribution in [3.05, 3.63) is 101 Å². The van der Waals surface area contributed by atoms with Gasteiger partial charge in [-0.3, -0.25) is 9.78 Å². The van der Waals surface area contributed by atoms with Gasteiger partial charge in [0.05, 0.1) is 34.7 Å². The molecule has 0 radical (unpaired) electrons. The Morgan fingerprint density at radius 2 is 1.85 bits per heavy atom. The van der Waals surface area contributed by atoms with E-state index in [4.69, 9.17) is 0 Å². The van der Waals surface area contributed by atoms with E-state index in [9.17, 15) is 13.2 Å². The first-order valence-corrected chi connectivity index (χ1v) is 17.8. The molecule has 5 aromatic rings. The molecule has 0 saturated carbocycles. The van der Waals surface area contributed by atoms with Crippen LogP contribution in [0.5, 0.6) is 0 Å². The van der Waals surface area contributed by atoms with E-state index >= 15 is 0 Å². The number of hydrogen-bond acceptors (Lipinski definition) is 8. The molecule has 1 N–H and O–H groups in total. The minimum absolute atomic E-state index is 0.141. The molecule has 3 aromatic heterocycles. The second kappa shape index (κ2) is 13.2. The Balaban J connectivity index is 1.46. The third kappa shape index (κ3) is 6.10. The van der Waals surface area contributed by atoms with E-state index in [0.29, 0.717) is 30.9 Å². The minimum atomic E-state index is -3.79. The molecule has 1 aliphatic heterocycles. The van der Waals surface area contributed by atoms with E-state index in [1.807, 2.05) is 57.5 Å². The maximum Gasteiger partial charge on any atom is 0.245 e. The monoisotopic (exact) mass is 666 g/mol. The number of pyridine rings is 1. The highest BCUT2D eigenvalue weighted by molar-refractivity contribution is 7.89.